The van der Waals surface area contributed by atoms with E-state index >= 15 is 0 Å². The molecule has 0 amide bonds. The van der Waals surface area contributed by atoms with E-state index in [1.54, 1.807) is 12.1 Å². The molecule has 0 spiro atoms. The SMILES string of the molecule is [2H]c1cc(Nc2nccc(Nc3c(C([2H])([2H])[2H])c([2H])c(/C=C/C#N)c([2H])c3C([2H])([2H])[2H])n2)cc([2H])c1C#N. The number of allylic oxidation sites excluding steroid dienone is 1. The van der Waals surface area contributed by atoms with Gasteiger partial charge in [0.2, 0.25) is 5.95 Å². The maximum Gasteiger partial charge on any atom is 0.229 e. The van der Waals surface area contributed by atoms with Gasteiger partial charge in [0, 0.05) is 31.9 Å². The number of anilines is 4. The minimum Gasteiger partial charge on any atom is -0.340 e. The van der Waals surface area contributed by atoms with Crippen LogP contribution in [0.5, 0.6) is 0 Å². The summed E-state index contributed by atoms with van der Waals surface area (Å²) in [5.41, 5.74) is -2.09. The first-order chi connectivity index (χ1) is 17.7. The number of hydrogen-bond donors (Lipinski definition) is 2. The summed E-state index contributed by atoms with van der Waals surface area (Å²) in [5.74, 6) is -0.154. The van der Waals surface area contributed by atoms with E-state index in [-0.39, 0.29) is 40.7 Å². The van der Waals surface area contributed by atoms with E-state index in [4.69, 9.17) is 24.2 Å². The Hall–Kier alpha value is -4.16. The molecule has 0 saturated heterocycles. The van der Waals surface area contributed by atoms with Gasteiger partial charge in [-0.2, -0.15) is 15.5 Å². The lowest BCUT2D eigenvalue weighted by Gasteiger charge is -2.14. The summed E-state index contributed by atoms with van der Waals surface area (Å²) in [6.45, 7) is -5.96. The highest BCUT2D eigenvalue weighted by Crippen LogP contribution is 2.26. The highest BCUT2D eigenvalue weighted by atomic mass is 15.1. The molecule has 2 aromatic carbocycles. The predicted molar refractivity (Wildman–Crippen MR) is 110 cm³/mol. The van der Waals surface area contributed by atoms with Gasteiger partial charge in [0.15, 0.2) is 0 Å². The molecule has 1 heterocycles. The van der Waals surface area contributed by atoms with Crippen LogP contribution in [-0.4, -0.2) is 9.97 Å². The molecule has 0 radical (unpaired) electrons. The Morgan fingerprint density at radius 1 is 1.11 bits per heavy atom. The second-order valence-electron chi connectivity index (χ2n) is 5.29. The molecule has 0 atom stereocenters. The Kier molecular flexibility index (Phi) is 2.93. The molecule has 0 aliphatic carbocycles. The van der Waals surface area contributed by atoms with Crippen molar-refractivity contribution in [3.8, 4) is 12.1 Å². The number of nitrogens with one attached hydrogen (secondary N) is 2. The predicted octanol–water partition coefficient (Wildman–Crippen LogP) is 4.99. The van der Waals surface area contributed by atoms with E-state index in [2.05, 4.69) is 20.6 Å². The lowest BCUT2D eigenvalue weighted by Crippen LogP contribution is -2.02. The average molecular weight is 376 g/mol. The first-order valence-electron chi connectivity index (χ1n) is 12.8. The van der Waals surface area contributed by atoms with Crippen LogP contribution in [0.2, 0.25) is 0 Å². The van der Waals surface area contributed by atoms with E-state index < -0.39 is 42.6 Å². The largest absolute Gasteiger partial charge is 0.340 e. The van der Waals surface area contributed by atoms with Gasteiger partial charge < -0.3 is 10.6 Å². The van der Waals surface area contributed by atoms with E-state index in [1.807, 2.05) is 0 Å². The van der Waals surface area contributed by atoms with Crippen molar-refractivity contribution in [1.82, 2.24) is 9.97 Å². The highest BCUT2D eigenvalue weighted by Gasteiger charge is 2.07. The molecule has 0 saturated carbocycles. The van der Waals surface area contributed by atoms with Crippen LogP contribution in [0.25, 0.3) is 6.08 Å². The number of rotatable bonds is 5. The van der Waals surface area contributed by atoms with E-state index in [0.717, 1.165) is 12.2 Å². The van der Waals surface area contributed by atoms with Gasteiger partial charge in [-0.25, -0.2) is 4.98 Å². The van der Waals surface area contributed by atoms with Crippen molar-refractivity contribution in [3.63, 3.8) is 0 Å². The fourth-order valence-corrected chi connectivity index (χ4v) is 2.15. The molecule has 6 heteroatoms. The third kappa shape index (κ3) is 4.51. The number of aromatic nitrogens is 2. The number of nitrogens with zero attached hydrogens (tertiary/aromatic N) is 4. The normalized spacial score (nSPS) is 16.4. The number of nitriles is 2. The van der Waals surface area contributed by atoms with Crippen LogP contribution >= 0.6 is 0 Å². The van der Waals surface area contributed by atoms with Gasteiger partial charge in [0.25, 0.3) is 0 Å². The van der Waals surface area contributed by atoms with Gasteiger partial charge in [-0.05, 0) is 78.8 Å². The lowest BCUT2D eigenvalue weighted by atomic mass is 10.0. The molecule has 2 N–H and O–H groups in total. The molecule has 0 unspecified atom stereocenters. The second-order valence-corrected chi connectivity index (χ2v) is 5.29. The fourth-order valence-electron chi connectivity index (χ4n) is 2.15. The molecule has 0 fully saturated rings. The monoisotopic (exact) mass is 376 g/mol. The molecule has 28 heavy (non-hydrogen) atoms. The third-order valence-electron chi connectivity index (χ3n) is 3.36. The van der Waals surface area contributed by atoms with Crippen LogP contribution in [-0.2, 0) is 0 Å². The quantitative estimate of drug-likeness (QED) is 0.609. The summed E-state index contributed by atoms with van der Waals surface area (Å²) in [5, 5.41) is 23.3. The third-order valence-corrected chi connectivity index (χ3v) is 3.36. The zero-order chi connectivity index (χ0) is 28.4. The summed E-state index contributed by atoms with van der Waals surface area (Å²) in [7, 11) is 0. The zero-order valence-corrected chi connectivity index (χ0v) is 14.3. The molecule has 6 nitrogen and oxygen atoms in total. The molecule has 0 bridgehead atoms. The second kappa shape index (κ2) is 8.48. The number of hydrogen-bond acceptors (Lipinski definition) is 6. The van der Waals surface area contributed by atoms with Gasteiger partial charge in [0.1, 0.15) is 5.82 Å². The van der Waals surface area contributed by atoms with Crippen molar-refractivity contribution in [2.75, 3.05) is 10.6 Å². The Bertz CT molecular complexity index is 1450. The smallest absolute Gasteiger partial charge is 0.229 e. The van der Waals surface area contributed by atoms with Gasteiger partial charge in [-0.15, -0.1) is 0 Å². The summed E-state index contributed by atoms with van der Waals surface area (Å²) >= 11 is 0. The summed E-state index contributed by atoms with van der Waals surface area (Å²) in [6.07, 6.45) is 3.20. The minimum atomic E-state index is -2.98. The van der Waals surface area contributed by atoms with Crippen LogP contribution < -0.4 is 10.6 Å². The maximum absolute atomic E-state index is 9.05. The Balaban J connectivity index is 2.17. The van der Waals surface area contributed by atoms with E-state index in [9.17, 15) is 0 Å². The molecular formula is C22H18N6. The standard InChI is InChI=1S/C22H18N6/c1-15-12-18(4-3-10-23)13-16(2)21(15)27-20-9-11-25-22(28-20)26-19-7-5-17(14-24)6-8-19/h3-9,11-13H,1-2H3,(H2,25,26,27,28)/b4-3+/i1D3,2D3,5D,6D,12D,13D. The van der Waals surface area contributed by atoms with Gasteiger partial charge >= 0.3 is 0 Å². The fraction of sp³-hybridized carbons (Fsp3) is 0.0909. The van der Waals surface area contributed by atoms with E-state index in [0.29, 0.717) is 0 Å². The molecule has 3 rings (SSSR count). The summed E-state index contributed by atoms with van der Waals surface area (Å²) < 4.78 is 80.4. The molecule has 1 aromatic heterocycles. The summed E-state index contributed by atoms with van der Waals surface area (Å²) in [6, 6.07) is 5.62. The average Bonchev–Trinajstić information content (AvgIpc) is 2.77. The molecular weight excluding hydrogens is 348 g/mol. The Morgan fingerprint density at radius 3 is 2.50 bits per heavy atom. The van der Waals surface area contributed by atoms with E-state index in [1.165, 1.54) is 24.4 Å². The molecule has 0 aliphatic rings. The highest BCUT2D eigenvalue weighted by molar-refractivity contribution is 5.69. The lowest BCUT2D eigenvalue weighted by molar-refractivity contribution is 1.16. The van der Waals surface area contributed by atoms with Crippen LogP contribution in [0.1, 0.15) is 36.0 Å². The van der Waals surface area contributed by atoms with Crippen molar-refractivity contribution < 1.29 is 13.7 Å². The van der Waals surface area contributed by atoms with Crippen molar-refractivity contribution in [2.24, 2.45) is 0 Å². The first kappa shape index (κ1) is 9.68. The molecule has 3 aromatic rings. The summed E-state index contributed by atoms with van der Waals surface area (Å²) in [4.78, 5) is 8.19. The van der Waals surface area contributed by atoms with Gasteiger partial charge in [0.05, 0.1) is 23.2 Å². The molecule has 136 valence electrons. The van der Waals surface area contributed by atoms with Crippen molar-refractivity contribution in [3.05, 3.63) is 76.9 Å². The zero-order valence-electron chi connectivity index (χ0n) is 24.3. The first-order valence-corrected chi connectivity index (χ1v) is 7.81. The van der Waals surface area contributed by atoms with Gasteiger partial charge in [-0.1, -0.05) is 0 Å². The maximum atomic E-state index is 9.05. The van der Waals surface area contributed by atoms with Crippen LogP contribution in [0.4, 0.5) is 23.1 Å². The van der Waals surface area contributed by atoms with Crippen molar-refractivity contribution in [1.29, 1.82) is 10.5 Å². The minimum absolute atomic E-state index is 0.0739. The van der Waals surface area contributed by atoms with Crippen molar-refractivity contribution >= 4 is 29.2 Å². The van der Waals surface area contributed by atoms with Crippen LogP contribution in [0, 0.1) is 36.4 Å². The topological polar surface area (TPSA) is 97.4 Å². The Labute approximate surface area is 177 Å². The Morgan fingerprint density at radius 2 is 1.86 bits per heavy atom. The van der Waals surface area contributed by atoms with Gasteiger partial charge in [-0.3, -0.25) is 0 Å². The van der Waals surface area contributed by atoms with Crippen molar-refractivity contribution in [2.45, 2.75) is 13.7 Å². The van der Waals surface area contributed by atoms with Crippen LogP contribution in [0.15, 0.2) is 54.6 Å². The molecule has 0 aliphatic heterocycles. The van der Waals surface area contributed by atoms with Crippen LogP contribution in [0.3, 0.4) is 0 Å². The number of benzene rings is 2.